The van der Waals surface area contributed by atoms with Gasteiger partial charge in [-0.15, -0.1) is 0 Å². The lowest BCUT2D eigenvalue weighted by atomic mass is 9.96. The number of piperidine rings is 1. The van der Waals surface area contributed by atoms with Gasteiger partial charge in [0.15, 0.2) is 0 Å². The predicted molar refractivity (Wildman–Crippen MR) is 169 cm³/mol. The Kier molecular flexibility index (Phi) is 8.47. The van der Waals surface area contributed by atoms with E-state index in [9.17, 15) is 4.79 Å². The summed E-state index contributed by atoms with van der Waals surface area (Å²) in [5.41, 5.74) is 5.99. The zero-order chi connectivity index (χ0) is 29.1. The number of hydrogen-bond donors (Lipinski definition) is 0. The van der Waals surface area contributed by atoms with Gasteiger partial charge in [0.05, 0.1) is 30.6 Å². The van der Waals surface area contributed by atoms with Crippen LogP contribution in [0.2, 0.25) is 0 Å². The molecule has 3 heterocycles. The Morgan fingerprint density at radius 1 is 0.905 bits per heavy atom. The van der Waals surface area contributed by atoms with Crippen LogP contribution in [0.5, 0.6) is 5.75 Å². The second kappa shape index (κ2) is 12.6. The van der Waals surface area contributed by atoms with Gasteiger partial charge in [0, 0.05) is 45.0 Å². The molecule has 4 aromatic rings. The number of carbonyl (C=O) groups is 1. The number of likely N-dealkylation sites (tertiary alicyclic amines) is 1. The molecule has 220 valence electrons. The first-order chi connectivity index (χ1) is 20.5. The number of methoxy groups -OCH3 is 1. The number of carbonyl (C=O) groups excluding carboxylic acids is 1. The van der Waals surface area contributed by atoms with Crippen molar-refractivity contribution < 1.29 is 9.53 Å². The van der Waals surface area contributed by atoms with Crippen LogP contribution in [0.3, 0.4) is 0 Å². The highest BCUT2D eigenvalue weighted by Gasteiger charge is 2.31. The molecule has 6 rings (SSSR count). The third-order valence-corrected chi connectivity index (χ3v) is 8.97. The van der Waals surface area contributed by atoms with E-state index in [1.807, 2.05) is 18.2 Å². The van der Waals surface area contributed by atoms with Gasteiger partial charge in [-0.05, 0) is 72.8 Å². The summed E-state index contributed by atoms with van der Waals surface area (Å²) < 4.78 is 7.68. The monoisotopic (exact) mass is 565 g/mol. The van der Waals surface area contributed by atoms with Crippen LogP contribution in [0.4, 0.5) is 5.69 Å². The number of benzene rings is 3. The molecule has 2 saturated heterocycles. The van der Waals surface area contributed by atoms with Crippen molar-refractivity contribution in [3.8, 4) is 5.75 Å². The summed E-state index contributed by atoms with van der Waals surface area (Å²) in [5, 5.41) is 0. The number of aromatic nitrogens is 2. The highest BCUT2D eigenvalue weighted by molar-refractivity contribution is 5.79. The van der Waals surface area contributed by atoms with Crippen molar-refractivity contribution in [1.29, 1.82) is 0 Å². The van der Waals surface area contributed by atoms with Gasteiger partial charge in [-0.25, -0.2) is 4.98 Å². The second-order valence-electron chi connectivity index (χ2n) is 12.1. The molecule has 1 atom stereocenters. The van der Waals surface area contributed by atoms with E-state index in [1.54, 1.807) is 7.11 Å². The van der Waals surface area contributed by atoms with Crippen molar-refractivity contribution in [3.05, 3.63) is 89.7 Å². The average molecular weight is 566 g/mol. The van der Waals surface area contributed by atoms with Crippen LogP contribution in [0, 0.1) is 5.92 Å². The first-order valence-electron chi connectivity index (χ1n) is 15.4. The number of fused-ring (bicyclic) bond motifs is 1. The number of para-hydroxylation sites is 2. The van der Waals surface area contributed by atoms with Crippen molar-refractivity contribution in [2.24, 2.45) is 5.92 Å². The quantitative estimate of drug-likeness (QED) is 0.271. The minimum Gasteiger partial charge on any atom is -0.497 e. The molecular weight excluding hydrogens is 522 g/mol. The standard InChI is InChI=1S/C35H43N5O2/c1-26(2)28-12-14-30(15-13-28)38-19-21-39(22-20-38)35(41)29-7-6-18-37(24-29)25-34-36-32-8-4-5-9-33(32)40(34)23-27-10-16-31(42-3)17-11-27/h4-5,8-17,26,29H,6-7,18-25H2,1-3H3/t29-/m0/s1. The zero-order valence-corrected chi connectivity index (χ0v) is 25.2. The average Bonchev–Trinajstić information content (AvgIpc) is 3.37. The summed E-state index contributed by atoms with van der Waals surface area (Å²) in [5.74, 6) is 2.82. The molecular formula is C35H43N5O2. The van der Waals surface area contributed by atoms with Crippen LogP contribution in [-0.4, -0.2) is 71.6 Å². The molecule has 0 radical (unpaired) electrons. The lowest BCUT2D eigenvalue weighted by molar-refractivity contribution is -0.137. The molecule has 0 N–H and O–H groups in total. The van der Waals surface area contributed by atoms with Crippen molar-refractivity contribution in [2.75, 3.05) is 51.3 Å². The minimum atomic E-state index is 0.0510. The van der Waals surface area contributed by atoms with Gasteiger partial charge in [-0.1, -0.05) is 50.2 Å². The molecule has 0 bridgehead atoms. The highest BCUT2D eigenvalue weighted by atomic mass is 16.5. The molecule has 7 heteroatoms. The number of amides is 1. The van der Waals surface area contributed by atoms with Gasteiger partial charge in [0.25, 0.3) is 0 Å². The lowest BCUT2D eigenvalue weighted by Gasteiger charge is -2.39. The second-order valence-corrected chi connectivity index (χ2v) is 12.1. The predicted octanol–water partition coefficient (Wildman–Crippen LogP) is 5.78. The number of imidazole rings is 1. The molecule has 7 nitrogen and oxygen atoms in total. The van der Waals surface area contributed by atoms with E-state index in [-0.39, 0.29) is 5.92 Å². The number of nitrogens with zero attached hydrogens (tertiary/aromatic N) is 5. The molecule has 0 aliphatic carbocycles. The van der Waals surface area contributed by atoms with Crippen LogP contribution < -0.4 is 9.64 Å². The van der Waals surface area contributed by atoms with E-state index < -0.39 is 0 Å². The number of piperazine rings is 1. The smallest absolute Gasteiger partial charge is 0.227 e. The fraction of sp³-hybridized carbons (Fsp3) is 0.429. The summed E-state index contributed by atoms with van der Waals surface area (Å²) in [6.45, 7) is 11.1. The normalized spacial score (nSPS) is 18.1. The Balaban J connectivity index is 1.10. The molecule has 2 fully saturated rings. The maximum absolute atomic E-state index is 13.7. The zero-order valence-electron chi connectivity index (χ0n) is 25.2. The number of rotatable bonds is 8. The number of anilines is 1. The van der Waals surface area contributed by atoms with E-state index in [1.165, 1.54) is 16.8 Å². The molecule has 2 aliphatic heterocycles. The van der Waals surface area contributed by atoms with E-state index in [2.05, 4.69) is 87.7 Å². The van der Waals surface area contributed by atoms with Crippen molar-refractivity contribution in [1.82, 2.24) is 19.4 Å². The maximum atomic E-state index is 13.7. The topological polar surface area (TPSA) is 53.8 Å². The summed E-state index contributed by atoms with van der Waals surface area (Å²) in [6.07, 6.45) is 2.01. The molecule has 0 spiro atoms. The van der Waals surface area contributed by atoms with E-state index in [4.69, 9.17) is 9.72 Å². The fourth-order valence-corrected chi connectivity index (χ4v) is 6.45. The van der Waals surface area contributed by atoms with Gasteiger partial charge >= 0.3 is 0 Å². The SMILES string of the molecule is COc1ccc(Cn2c(CN3CCC[C@H](C(=O)N4CCN(c5ccc(C(C)C)cc5)CC4)C3)nc3ccccc32)cc1. The Labute approximate surface area is 249 Å². The third-order valence-electron chi connectivity index (χ3n) is 8.97. The summed E-state index contributed by atoms with van der Waals surface area (Å²) in [7, 11) is 1.69. The summed E-state index contributed by atoms with van der Waals surface area (Å²) in [4.78, 5) is 25.7. The molecule has 0 unspecified atom stereocenters. The van der Waals surface area contributed by atoms with Gasteiger partial charge in [-0.3, -0.25) is 9.69 Å². The first-order valence-corrected chi connectivity index (χ1v) is 15.4. The summed E-state index contributed by atoms with van der Waals surface area (Å²) >= 11 is 0. The van der Waals surface area contributed by atoms with Crippen LogP contribution in [-0.2, 0) is 17.9 Å². The van der Waals surface area contributed by atoms with Crippen LogP contribution >= 0.6 is 0 Å². The summed E-state index contributed by atoms with van der Waals surface area (Å²) in [6, 6.07) is 25.6. The lowest BCUT2D eigenvalue weighted by Crippen LogP contribution is -2.52. The number of ether oxygens (including phenoxy) is 1. The fourth-order valence-electron chi connectivity index (χ4n) is 6.45. The van der Waals surface area contributed by atoms with E-state index in [0.29, 0.717) is 11.8 Å². The molecule has 3 aromatic carbocycles. The van der Waals surface area contributed by atoms with Crippen molar-refractivity contribution in [3.63, 3.8) is 0 Å². The van der Waals surface area contributed by atoms with E-state index in [0.717, 1.165) is 87.8 Å². The molecule has 1 aromatic heterocycles. The van der Waals surface area contributed by atoms with E-state index >= 15 is 0 Å². The molecule has 0 saturated carbocycles. The highest BCUT2D eigenvalue weighted by Crippen LogP contribution is 2.26. The molecule has 42 heavy (non-hydrogen) atoms. The Hall–Kier alpha value is -3.84. The van der Waals surface area contributed by atoms with Gasteiger partial charge in [0.1, 0.15) is 11.6 Å². The maximum Gasteiger partial charge on any atom is 0.227 e. The van der Waals surface area contributed by atoms with Gasteiger partial charge in [-0.2, -0.15) is 0 Å². The minimum absolute atomic E-state index is 0.0510. The Morgan fingerprint density at radius 2 is 1.64 bits per heavy atom. The number of hydrogen-bond acceptors (Lipinski definition) is 5. The molecule has 1 amide bonds. The van der Waals surface area contributed by atoms with Gasteiger partial charge < -0.3 is 19.1 Å². The van der Waals surface area contributed by atoms with Gasteiger partial charge in [0.2, 0.25) is 5.91 Å². The van der Waals surface area contributed by atoms with Crippen molar-refractivity contribution in [2.45, 2.75) is 45.7 Å². The first kappa shape index (κ1) is 28.3. The Bertz CT molecular complexity index is 1490. The Morgan fingerprint density at radius 3 is 2.36 bits per heavy atom. The van der Waals surface area contributed by atoms with Crippen LogP contribution in [0.25, 0.3) is 11.0 Å². The van der Waals surface area contributed by atoms with Crippen molar-refractivity contribution >= 4 is 22.6 Å². The van der Waals surface area contributed by atoms with Crippen LogP contribution in [0.1, 0.15) is 49.6 Å². The molecule has 2 aliphatic rings. The third kappa shape index (κ3) is 6.16. The van der Waals surface area contributed by atoms with Crippen LogP contribution in [0.15, 0.2) is 72.8 Å². The largest absolute Gasteiger partial charge is 0.497 e.